The third-order valence-corrected chi connectivity index (χ3v) is 4.40. The summed E-state index contributed by atoms with van der Waals surface area (Å²) in [5, 5.41) is 0. The van der Waals surface area contributed by atoms with Crippen LogP contribution in [0.15, 0.2) is 0 Å². The van der Waals surface area contributed by atoms with Crippen molar-refractivity contribution in [1.82, 2.24) is 9.80 Å². The SMILES string of the molecule is CCN1CCC[C@@H]1[C@@H]1CCCN1C(=O)CCOC. The first kappa shape index (κ1) is 13.8. The molecule has 1 amide bonds. The van der Waals surface area contributed by atoms with Crippen molar-refractivity contribution in [2.24, 2.45) is 0 Å². The number of amides is 1. The summed E-state index contributed by atoms with van der Waals surface area (Å²) in [5.41, 5.74) is 0. The summed E-state index contributed by atoms with van der Waals surface area (Å²) < 4.78 is 5.02. The topological polar surface area (TPSA) is 32.8 Å². The van der Waals surface area contributed by atoms with Gasteiger partial charge in [-0.05, 0) is 38.8 Å². The van der Waals surface area contributed by atoms with E-state index >= 15 is 0 Å². The lowest BCUT2D eigenvalue weighted by Crippen LogP contribution is -2.48. The Kier molecular flexibility index (Phi) is 5.01. The number of carbonyl (C=O) groups excluding carboxylic acids is 1. The van der Waals surface area contributed by atoms with Crippen molar-refractivity contribution in [1.29, 1.82) is 0 Å². The van der Waals surface area contributed by atoms with Crippen molar-refractivity contribution in [2.75, 3.05) is 33.4 Å². The van der Waals surface area contributed by atoms with Gasteiger partial charge >= 0.3 is 0 Å². The van der Waals surface area contributed by atoms with Crippen molar-refractivity contribution >= 4 is 5.91 Å². The lowest BCUT2D eigenvalue weighted by atomic mass is 10.0. The predicted molar refractivity (Wildman–Crippen MR) is 71.5 cm³/mol. The molecule has 0 radical (unpaired) electrons. The predicted octanol–water partition coefficient (Wildman–Crippen LogP) is 1.50. The number of methoxy groups -OCH3 is 1. The van der Waals surface area contributed by atoms with Crippen LogP contribution in [0.4, 0.5) is 0 Å². The summed E-state index contributed by atoms with van der Waals surface area (Å²) in [7, 11) is 1.66. The zero-order chi connectivity index (χ0) is 13.0. The van der Waals surface area contributed by atoms with Gasteiger partial charge < -0.3 is 9.64 Å². The summed E-state index contributed by atoms with van der Waals surface area (Å²) in [5.74, 6) is 0.280. The number of likely N-dealkylation sites (N-methyl/N-ethyl adjacent to an activating group) is 1. The van der Waals surface area contributed by atoms with Gasteiger partial charge in [-0.1, -0.05) is 6.92 Å². The standard InChI is InChI=1S/C14H26N2O2/c1-3-15-9-4-6-12(15)13-7-5-10-16(13)14(17)8-11-18-2/h12-13H,3-11H2,1-2H3/t12-,13+/m1/s1. The maximum absolute atomic E-state index is 12.2. The Bertz CT molecular complexity index is 283. The molecule has 2 fully saturated rings. The molecule has 4 nitrogen and oxygen atoms in total. The third kappa shape index (κ3) is 2.86. The Morgan fingerprint density at radius 2 is 1.94 bits per heavy atom. The number of nitrogens with zero attached hydrogens (tertiary/aromatic N) is 2. The summed E-state index contributed by atoms with van der Waals surface area (Å²) in [6.45, 7) is 6.04. The van der Waals surface area contributed by atoms with E-state index in [1.165, 1.54) is 25.8 Å². The second-order valence-corrected chi connectivity index (χ2v) is 5.38. The molecule has 0 unspecified atom stereocenters. The summed E-state index contributed by atoms with van der Waals surface area (Å²) in [6, 6.07) is 1.06. The van der Waals surface area contributed by atoms with Gasteiger partial charge in [0, 0.05) is 25.7 Å². The first-order valence-electron chi connectivity index (χ1n) is 7.30. The minimum Gasteiger partial charge on any atom is -0.384 e. The minimum atomic E-state index is 0.280. The van der Waals surface area contributed by atoms with Gasteiger partial charge in [0.05, 0.1) is 13.0 Å². The van der Waals surface area contributed by atoms with Crippen LogP contribution in [0.2, 0.25) is 0 Å². The number of hydrogen-bond donors (Lipinski definition) is 0. The number of rotatable bonds is 5. The van der Waals surface area contributed by atoms with Crippen molar-refractivity contribution in [3.8, 4) is 0 Å². The van der Waals surface area contributed by atoms with E-state index in [0.29, 0.717) is 25.1 Å². The van der Waals surface area contributed by atoms with Crippen molar-refractivity contribution < 1.29 is 9.53 Å². The fourth-order valence-corrected chi connectivity index (χ4v) is 3.52. The molecule has 18 heavy (non-hydrogen) atoms. The van der Waals surface area contributed by atoms with Crippen LogP contribution in [-0.2, 0) is 9.53 Å². The van der Waals surface area contributed by atoms with Gasteiger partial charge in [0.25, 0.3) is 0 Å². The Labute approximate surface area is 110 Å². The quantitative estimate of drug-likeness (QED) is 0.745. The van der Waals surface area contributed by atoms with Gasteiger partial charge in [-0.15, -0.1) is 0 Å². The average molecular weight is 254 g/mol. The van der Waals surface area contributed by atoms with E-state index in [4.69, 9.17) is 4.74 Å². The van der Waals surface area contributed by atoms with Crippen molar-refractivity contribution in [2.45, 2.75) is 51.1 Å². The molecule has 2 heterocycles. The zero-order valence-electron chi connectivity index (χ0n) is 11.7. The Balaban J connectivity index is 1.96. The molecule has 0 aliphatic carbocycles. The second-order valence-electron chi connectivity index (χ2n) is 5.38. The molecule has 2 saturated heterocycles. The normalized spacial score (nSPS) is 29.1. The molecule has 0 spiro atoms. The highest BCUT2D eigenvalue weighted by Gasteiger charge is 2.38. The van der Waals surface area contributed by atoms with Crippen molar-refractivity contribution in [3.63, 3.8) is 0 Å². The lowest BCUT2D eigenvalue weighted by molar-refractivity contribution is -0.134. The highest BCUT2D eigenvalue weighted by atomic mass is 16.5. The molecule has 2 atom stereocenters. The van der Waals surface area contributed by atoms with Crippen LogP contribution >= 0.6 is 0 Å². The average Bonchev–Trinajstić information content (AvgIpc) is 3.02. The van der Waals surface area contributed by atoms with Crippen LogP contribution in [0, 0.1) is 0 Å². The van der Waals surface area contributed by atoms with Crippen LogP contribution in [-0.4, -0.2) is 61.1 Å². The van der Waals surface area contributed by atoms with E-state index in [1.807, 2.05) is 0 Å². The fraction of sp³-hybridized carbons (Fsp3) is 0.929. The van der Waals surface area contributed by atoms with Crippen LogP contribution < -0.4 is 0 Å². The van der Waals surface area contributed by atoms with Gasteiger partial charge in [0.15, 0.2) is 0 Å². The lowest BCUT2D eigenvalue weighted by Gasteiger charge is -2.34. The highest BCUT2D eigenvalue weighted by molar-refractivity contribution is 5.77. The summed E-state index contributed by atoms with van der Waals surface area (Å²) >= 11 is 0. The molecule has 2 rings (SSSR count). The fourth-order valence-electron chi connectivity index (χ4n) is 3.52. The number of likely N-dealkylation sites (tertiary alicyclic amines) is 2. The monoisotopic (exact) mass is 254 g/mol. The molecular weight excluding hydrogens is 228 g/mol. The van der Waals surface area contributed by atoms with Gasteiger partial charge in [-0.3, -0.25) is 9.69 Å². The van der Waals surface area contributed by atoms with Gasteiger partial charge in [0.1, 0.15) is 0 Å². The van der Waals surface area contributed by atoms with Gasteiger partial charge in [-0.2, -0.15) is 0 Å². The Morgan fingerprint density at radius 1 is 1.22 bits per heavy atom. The minimum absolute atomic E-state index is 0.280. The first-order chi connectivity index (χ1) is 8.77. The third-order valence-electron chi connectivity index (χ3n) is 4.40. The van der Waals surface area contributed by atoms with E-state index in [-0.39, 0.29) is 5.91 Å². The molecule has 0 saturated carbocycles. The van der Waals surface area contributed by atoms with Gasteiger partial charge in [-0.25, -0.2) is 0 Å². The maximum Gasteiger partial charge on any atom is 0.225 e. The first-order valence-corrected chi connectivity index (χ1v) is 7.30. The molecule has 104 valence electrons. The number of hydrogen-bond acceptors (Lipinski definition) is 3. The summed E-state index contributed by atoms with van der Waals surface area (Å²) in [6.07, 6.45) is 5.42. The maximum atomic E-state index is 12.2. The van der Waals surface area contributed by atoms with E-state index in [2.05, 4.69) is 16.7 Å². The van der Waals surface area contributed by atoms with Crippen LogP contribution in [0.3, 0.4) is 0 Å². The van der Waals surface area contributed by atoms with E-state index in [1.54, 1.807) is 7.11 Å². The molecule has 2 aliphatic rings. The molecule has 0 aromatic rings. The molecule has 0 aromatic heterocycles. The molecule has 0 N–H and O–H groups in total. The Morgan fingerprint density at radius 3 is 2.67 bits per heavy atom. The highest BCUT2D eigenvalue weighted by Crippen LogP contribution is 2.30. The van der Waals surface area contributed by atoms with Gasteiger partial charge in [0.2, 0.25) is 5.91 Å². The zero-order valence-corrected chi connectivity index (χ0v) is 11.7. The van der Waals surface area contributed by atoms with E-state index in [9.17, 15) is 4.79 Å². The number of carbonyl (C=O) groups is 1. The van der Waals surface area contributed by atoms with Crippen LogP contribution in [0.25, 0.3) is 0 Å². The van der Waals surface area contributed by atoms with Crippen LogP contribution in [0.1, 0.15) is 39.0 Å². The summed E-state index contributed by atoms with van der Waals surface area (Å²) in [4.78, 5) is 16.9. The van der Waals surface area contributed by atoms with E-state index < -0.39 is 0 Å². The second kappa shape index (κ2) is 6.53. The molecule has 0 aromatic carbocycles. The molecule has 0 bridgehead atoms. The van der Waals surface area contributed by atoms with Crippen molar-refractivity contribution in [3.05, 3.63) is 0 Å². The molecular formula is C14H26N2O2. The Hall–Kier alpha value is -0.610. The van der Waals surface area contributed by atoms with E-state index in [0.717, 1.165) is 19.5 Å². The number of ether oxygens (including phenoxy) is 1. The van der Waals surface area contributed by atoms with Crippen LogP contribution in [0.5, 0.6) is 0 Å². The molecule has 4 heteroatoms. The largest absolute Gasteiger partial charge is 0.384 e. The smallest absolute Gasteiger partial charge is 0.225 e. The molecule has 2 aliphatic heterocycles.